The summed E-state index contributed by atoms with van der Waals surface area (Å²) in [7, 11) is 0. The Labute approximate surface area is 147 Å². The van der Waals surface area contributed by atoms with Crippen molar-refractivity contribution in [1.82, 2.24) is 20.0 Å². The first-order valence-corrected chi connectivity index (χ1v) is 7.79. The van der Waals surface area contributed by atoms with Crippen LogP contribution < -0.4 is 5.32 Å². The van der Waals surface area contributed by atoms with E-state index >= 15 is 0 Å². The van der Waals surface area contributed by atoms with E-state index in [0.29, 0.717) is 22.3 Å². The molecule has 0 fully saturated rings. The van der Waals surface area contributed by atoms with Crippen molar-refractivity contribution in [2.75, 3.05) is 5.32 Å². The number of aromatic nitrogens is 4. The van der Waals surface area contributed by atoms with Gasteiger partial charge in [0.25, 0.3) is 5.91 Å². The van der Waals surface area contributed by atoms with Gasteiger partial charge in [0.2, 0.25) is 0 Å². The van der Waals surface area contributed by atoms with E-state index in [0.717, 1.165) is 5.69 Å². The molecule has 1 amide bonds. The van der Waals surface area contributed by atoms with Crippen molar-refractivity contribution in [2.45, 2.75) is 0 Å². The molecule has 0 radical (unpaired) electrons. The fourth-order valence-corrected chi connectivity index (χ4v) is 2.51. The van der Waals surface area contributed by atoms with Crippen LogP contribution in [0.25, 0.3) is 17.1 Å². The number of nitrogens with one attached hydrogen (secondary N) is 2. The minimum atomic E-state index is -0.357. The van der Waals surface area contributed by atoms with Gasteiger partial charge in [0, 0.05) is 17.2 Å². The Bertz CT molecular complexity index is 989. The molecule has 0 aliphatic carbocycles. The number of furan rings is 1. The third-order valence-electron chi connectivity index (χ3n) is 3.54. The topological polar surface area (TPSA) is 88.7 Å². The van der Waals surface area contributed by atoms with Crippen LogP contribution in [0.15, 0.2) is 65.4 Å². The lowest BCUT2D eigenvalue weighted by Gasteiger charge is -2.05. The molecule has 0 saturated carbocycles. The first kappa shape index (κ1) is 15.2. The molecule has 1 aromatic carbocycles. The quantitative estimate of drug-likeness (QED) is 0.584. The zero-order valence-electron chi connectivity index (χ0n) is 12.8. The van der Waals surface area contributed by atoms with Gasteiger partial charge >= 0.3 is 0 Å². The highest BCUT2D eigenvalue weighted by atomic mass is 35.5. The minimum Gasteiger partial charge on any atom is -0.463 e. The molecule has 124 valence electrons. The highest BCUT2D eigenvalue weighted by molar-refractivity contribution is 6.30. The summed E-state index contributed by atoms with van der Waals surface area (Å²) < 4.78 is 7.11. The van der Waals surface area contributed by atoms with Gasteiger partial charge in [-0.05, 0) is 36.4 Å². The SMILES string of the molecule is O=C(Nc1ccn[nH]1)c1cc(-c2ccco2)n(-c2ccc(Cl)cc2)n1. The molecule has 4 aromatic rings. The molecule has 4 rings (SSSR count). The Morgan fingerprint density at radius 3 is 2.72 bits per heavy atom. The minimum absolute atomic E-state index is 0.246. The number of nitrogens with zero attached hydrogens (tertiary/aromatic N) is 3. The second-order valence-corrected chi connectivity index (χ2v) is 5.64. The van der Waals surface area contributed by atoms with E-state index in [1.807, 2.05) is 12.1 Å². The number of halogens is 1. The van der Waals surface area contributed by atoms with Gasteiger partial charge in [-0.1, -0.05) is 11.6 Å². The van der Waals surface area contributed by atoms with Gasteiger partial charge in [0.15, 0.2) is 11.5 Å². The Hall–Kier alpha value is -3.32. The van der Waals surface area contributed by atoms with E-state index < -0.39 is 0 Å². The van der Waals surface area contributed by atoms with Crippen molar-refractivity contribution in [3.63, 3.8) is 0 Å². The van der Waals surface area contributed by atoms with E-state index in [1.165, 1.54) is 0 Å². The Morgan fingerprint density at radius 1 is 1.20 bits per heavy atom. The van der Waals surface area contributed by atoms with Gasteiger partial charge in [-0.25, -0.2) is 4.68 Å². The van der Waals surface area contributed by atoms with E-state index in [9.17, 15) is 4.79 Å². The fourth-order valence-electron chi connectivity index (χ4n) is 2.38. The zero-order chi connectivity index (χ0) is 17.2. The predicted octanol–water partition coefficient (Wildman–Crippen LogP) is 3.76. The van der Waals surface area contributed by atoms with Crippen LogP contribution in [0.1, 0.15) is 10.5 Å². The molecule has 3 aromatic heterocycles. The van der Waals surface area contributed by atoms with E-state index in [-0.39, 0.29) is 11.6 Å². The molecule has 2 N–H and O–H groups in total. The molecular weight excluding hydrogens is 342 g/mol. The first-order valence-electron chi connectivity index (χ1n) is 7.41. The van der Waals surface area contributed by atoms with Crippen molar-refractivity contribution in [1.29, 1.82) is 0 Å². The number of hydrogen-bond acceptors (Lipinski definition) is 4. The van der Waals surface area contributed by atoms with Crippen LogP contribution in [0.4, 0.5) is 5.82 Å². The van der Waals surface area contributed by atoms with Gasteiger partial charge < -0.3 is 9.73 Å². The number of benzene rings is 1. The fraction of sp³-hybridized carbons (Fsp3) is 0. The molecule has 0 spiro atoms. The van der Waals surface area contributed by atoms with E-state index in [1.54, 1.807) is 53.5 Å². The summed E-state index contributed by atoms with van der Waals surface area (Å²) in [6.45, 7) is 0. The standard InChI is InChI=1S/C17H12ClN5O2/c18-11-3-5-12(6-4-11)23-14(15-2-1-9-25-15)10-13(22-23)17(24)20-16-7-8-19-21-16/h1-10H,(H2,19,20,21,24). The molecule has 8 heteroatoms. The predicted molar refractivity (Wildman–Crippen MR) is 92.8 cm³/mol. The lowest BCUT2D eigenvalue weighted by Crippen LogP contribution is -2.13. The van der Waals surface area contributed by atoms with Gasteiger partial charge in [-0.2, -0.15) is 10.2 Å². The molecule has 0 bridgehead atoms. The molecule has 0 aliphatic rings. The third kappa shape index (κ3) is 3.05. The number of carbonyl (C=O) groups is 1. The first-order chi connectivity index (χ1) is 12.2. The van der Waals surface area contributed by atoms with Crippen molar-refractivity contribution >= 4 is 23.3 Å². The largest absolute Gasteiger partial charge is 0.463 e. The summed E-state index contributed by atoms with van der Waals surface area (Å²) >= 11 is 5.95. The Kier molecular flexibility index (Phi) is 3.83. The van der Waals surface area contributed by atoms with Crippen LogP contribution in [-0.4, -0.2) is 25.9 Å². The van der Waals surface area contributed by atoms with Gasteiger partial charge in [-0.3, -0.25) is 9.89 Å². The molecule has 0 saturated heterocycles. The molecule has 25 heavy (non-hydrogen) atoms. The summed E-state index contributed by atoms with van der Waals surface area (Å²) in [6, 6.07) is 14.1. The van der Waals surface area contributed by atoms with Gasteiger partial charge in [0.05, 0.1) is 18.1 Å². The normalized spacial score (nSPS) is 10.8. The van der Waals surface area contributed by atoms with Crippen molar-refractivity contribution < 1.29 is 9.21 Å². The molecule has 0 unspecified atom stereocenters. The molecular formula is C17H12ClN5O2. The summed E-state index contributed by atoms with van der Waals surface area (Å²) in [5.74, 6) is 0.735. The summed E-state index contributed by atoms with van der Waals surface area (Å²) in [5.41, 5.74) is 1.66. The average molecular weight is 354 g/mol. The second-order valence-electron chi connectivity index (χ2n) is 5.20. The number of H-pyrrole nitrogens is 1. The third-order valence-corrected chi connectivity index (χ3v) is 3.79. The van der Waals surface area contributed by atoms with Crippen LogP contribution in [0, 0.1) is 0 Å². The zero-order valence-corrected chi connectivity index (χ0v) is 13.6. The van der Waals surface area contributed by atoms with E-state index in [4.69, 9.17) is 16.0 Å². The van der Waals surface area contributed by atoms with Gasteiger partial charge in [-0.15, -0.1) is 0 Å². The Morgan fingerprint density at radius 2 is 2.04 bits per heavy atom. The lowest BCUT2D eigenvalue weighted by molar-refractivity contribution is 0.102. The Balaban J connectivity index is 1.75. The number of carbonyl (C=O) groups excluding carboxylic acids is 1. The second kappa shape index (κ2) is 6.29. The number of amides is 1. The van der Waals surface area contributed by atoms with E-state index in [2.05, 4.69) is 20.6 Å². The monoisotopic (exact) mass is 353 g/mol. The number of hydrogen-bond donors (Lipinski definition) is 2. The van der Waals surface area contributed by atoms with Crippen molar-refractivity contribution in [3.05, 3.63) is 71.7 Å². The van der Waals surface area contributed by atoms with Gasteiger partial charge in [0.1, 0.15) is 11.5 Å². The molecule has 3 heterocycles. The molecule has 7 nitrogen and oxygen atoms in total. The van der Waals surface area contributed by atoms with Crippen molar-refractivity contribution in [2.24, 2.45) is 0 Å². The average Bonchev–Trinajstić information content (AvgIpc) is 3.36. The van der Waals surface area contributed by atoms with Crippen LogP contribution in [0.3, 0.4) is 0 Å². The smallest absolute Gasteiger partial charge is 0.277 e. The lowest BCUT2D eigenvalue weighted by atomic mass is 10.2. The maximum Gasteiger partial charge on any atom is 0.277 e. The maximum atomic E-state index is 12.4. The number of anilines is 1. The molecule has 0 aliphatic heterocycles. The summed E-state index contributed by atoms with van der Waals surface area (Å²) in [5, 5.41) is 14.2. The van der Waals surface area contributed by atoms with Crippen LogP contribution >= 0.6 is 11.6 Å². The van der Waals surface area contributed by atoms with Crippen LogP contribution in [-0.2, 0) is 0 Å². The van der Waals surface area contributed by atoms with Crippen LogP contribution in [0.5, 0.6) is 0 Å². The van der Waals surface area contributed by atoms with Crippen molar-refractivity contribution in [3.8, 4) is 17.1 Å². The highest BCUT2D eigenvalue weighted by Gasteiger charge is 2.18. The molecule has 0 atom stereocenters. The van der Waals surface area contributed by atoms with Crippen LogP contribution in [0.2, 0.25) is 5.02 Å². The number of aromatic amines is 1. The number of rotatable bonds is 4. The maximum absolute atomic E-state index is 12.4. The summed E-state index contributed by atoms with van der Waals surface area (Å²) in [6.07, 6.45) is 3.12. The summed E-state index contributed by atoms with van der Waals surface area (Å²) in [4.78, 5) is 12.4. The highest BCUT2D eigenvalue weighted by Crippen LogP contribution is 2.25.